The lowest BCUT2D eigenvalue weighted by molar-refractivity contribution is -0.120. The Morgan fingerprint density at radius 2 is 2.00 bits per heavy atom. The van der Waals surface area contributed by atoms with Crippen molar-refractivity contribution in [3.8, 4) is 0 Å². The van der Waals surface area contributed by atoms with Crippen LogP contribution in [0.3, 0.4) is 0 Å². The summed E-state index contributed by atoms with van der Waals surface area (Å²) in [4.78, 5) is 22.9. The van der Waals surface area contributed by atoms with Crippen LogP contribution in [0.25, 0.3) is 0 Å². The number of benzene rings is 1. The van der Waals surface area contributed by atoms with Crippen LogP contribution in [-0.4, -0.2) is 40.1 Å². The van der Waals surface area contributed by atoms with Gasteiger partial charge in [-0.15, -0.1) is 0 Å². The molecule has 1 amide bonds. The number of carboxylic acid groups (broad SMARTS) is 1. The Kier molecular flexibility index (Phi) is 5.92. The Morgan fingerprint density at radius 1 is 1.22 bits per heavy atom. The zero-order valence-corrected chi connectivity index (χ0v) is 13.0. The average molecular weight is 333 g/mol. The molecule has 0 radical (unpaired) electrons. The molecular formula is C15H16BNO5S. The van der Waals surface area contributed by atoms with Gasteiger partial charge in [0.2, 0.25) is 5.91 Å². The van der Waals surface area contributed by atoms with Crippen LogP contribution in [0.1, 0.15) is 21.5 Å². The summed E-state index contributed by atoms with van der Waals surface area (Å²) in [5.41, 5.74) is 1.56. The zero-order chi connectivity index (χ0) is 16.8. The quantitative estimate of drug-likeness (QED) is 0.559. The smallest absolute Gasteiger partial charge is 0.475 e. The Bertz CT molecular complexity index is 674. The molecule has 23 heavy (non-hydrogen) atoms. The summed E-state index contributed by atoms with van der Waals surface area (Å²) in [5, 5.41) is 34.2. The molecule has 8 heteroatoms. The first-order valence-corrected chi connectivity index (χ1v) is 7.89. The third-order valence-electron chi connectivity index (χ3n) is 3.28. The Hall–Kier alpha value is -2.16. The van der Waals surface area contributed by atoms with E-state index in [2.05, 4.69) is 5.32 Å². The summed E-state index contributed by atoms with van der Waals surface area (Å²) < 4.78 is 0. The van der Waals surface area contributed by atoms with Gasteiger partial charge in [-0.2, -0.15) is 11.3 Å². The predicted molar refractivity (Wildman–Crippen MR) is 87.3 cm³/mol. The van der Waals surface area contributed by atoms with Crippen molar-refractivity contribution in [3.63, 3.8) is 0 Å². The second-order valence-corrected chi connectivity index (χ2v) is 5.89. The standard InChI is InChI=1S/C15H16BNO5S/c18-14(8-11-4-5-23-9-11)17-13(16(21)22)7-10-2-1-3-12(6-10)15(19)20/h1-6,9,13,21-22H,7-8H2,(H,17,18)(H,19,20)/t13-/m0/s1. The molecule has 0 fully saturated rings. The lowest BCUT2D eigenvalue weighted by Gasteiger charge is -2.18. The molecule has 1 aromatic heterocycles. The van der Waals surface area contributed by atoms with E-state index >= 15 is 0 Å². The van der Waals surface area contributed by atoms with Crippen molar-refractivity contribution in [2.75, 3.05) is 0 Å². The first-order chi connectivity index (χ1) is 11.0. The first kappa shape index (κ1) is 17.2. The second-order valence-electron chi connectivity index (χ2n) is 5.11. The Labute approximate surface area is 137 Å². The highest BCUT2D eigenvalue weighted by Gasteiger charge is 2.25. The lowest BCUT2D eigenvalue weighted by atomic mass is 9.75. The van der Waals surface area contributed by atoms with Crippen molar-refractivity contribution in [1.29, 1.82) is 0 Å². The third-order valence-corrected chi connectivity index (χ3v) is 4.01. The van der Waals surface area contributed by atoms with Crippen molar-refractivity contribution in [2.24, 2.45) is 0 Å². The van der Waals surface area contributed by atoms with Crippen molar-refractivity contribution in [3.05, 3.63) is 57.8 Å². The van der Waals surface area contributed by atoms with Crippen LogP contribution in [0, 0.1) is 0 Å². The number of carbonyl (C=O) groups is 2. The molecule has 4 N–H and O–H groups in total. The minimum Gasteiger partial charge on any atom is -0.478 e. The van der Waals surface area contributed by atoms with Crippen LogP contribution in [0.4, 0.5) is 0 Å². The van der Waals surface area contributed by atoms with Gasteiger partial charge >= 0.3 is 13.1 Å². The molecule has 6 nitrogen and oxygen atoms in total. The van der Waals surface area contributed by atoms with Crippen molar-refractivity contribution in [2.45, 2.75) is 18.8 Å². The number of rotatable bonds is 7. The number of hydrogen-bond donors (Lipinski definition) is 4. The average Bonchev–Trinajstić information content (AvgIpc) is 2.99. The maximum atomic E-state index is 12.0. The van der Waals surface area contributed by atoms with Gasteiger partial charge in [0.05, 0.1) is 17.9 Å². The summed E-state index contributed by atoms with van der Waals surface area (Å²) in [7, 11) is -1.74. The van der Waals surface area contributed by atoms with Gasteiger partial charge in [-0.3, -0.25) is 4.79 Å². The highest BCUT2D eigenvalue weighted by atomic mass is 32.1. The minimum absolute atomic E-state index is 0.110. The maximum absolute atomic E-state index is 12.0. The van der Waals surface area contributed by atoms with E-state index in [1.807, 2.05) is 16.8 Å². The van der Waals surface area contributed by atoms with E-state index in [0.29, 0.717) is 5.56 Å². The van der Waals surface area contributed by atoms with E-state index in [4.69, 9.17) is 5.11 Å². The van der Waals surface area contributed by atoms with Crippen molar-refractivity contribution >= 4 is 30.3 Å². The van der Waals surface area contributed by atoms with Crippen molar-refractivity contribution < 1.29 is 24.7 Å². The number of carbonyl (C=O) groups excluding carboxylic acids is 1. The fraction of sp³-hybridized carbons (Fsp3) is 0.200. The van der Waals surface area contributed by atoms with E-state index in [1.54, 1.807) is 12.1 Å². The van der Waals surface area contributed by atoms with E-state index in [1.165, 1.54) is 23.5 Å². The maximum Gasteiger partial charge on any atom is 0.475 e. The largest absolute Gasteiger partial charge is 0.478 e. The van der Waals surface area contributed by atoms with Gasteiger partial charge < -0.3 is 20.5 Å². The minimum atomic E-state index is -1.74. The normalized spacial score (nSPS) is 11.7. The van der Waals surface area contributed by atoms with Crippen LogP contribution in [0.15, 0.2) is 41.1 Å². The summed E-state index contributed by atoms with van der Waals surface area (Å²) in [6.07, 6.45) is 0.274. The Balaban J connectivity index is 2.02. The molecule has 0 spiro atoms. The van der Waals surface area contributed by atoms with Gasteiger partial charge in [-0.05, 0) is 46.5 Å². The monoisotopic (exact) mass is 333 g/mol. The molecule has 1 heterocycles. The van der Waals surface area contributed by atoms with Crippen LogP contribution in [-0.2, 0) is 17.6 Å². The SMILES string of the molecule is O=C(Cc1ccsc1)N[C@@H](Cc1cccc(C(=O)O)c1)B(O)O. The van der Waals surface area contributed by atoms with Gasteiger partial charge in [0.15, 0.2) is 0 Å². The molecule has 0 saturated carbocycles. The van der Waals surface area contributed by atoms with E-state index in [9.17, 15) is 19.6 Å². The predicted octanol–water partition coefficient (Wildman–Crippen LogP) is 0.728. The molecule has 0 aliphatic heterocycles. The second kappa shape index (κ2) is 7.91. The van der Waals surface area contributed by atoms with Crippen LogP contribution in [0.2, 0.25) is 0 Å². The molecule has 0 unspecified atom stereocenters. The van der Waals surface area contributed by atoms with Gasteiger partial charge in [0.1, 0.15) is 0 Å². The van der Waals surface area contributed by atoms with Crippen LogP contribution >= 0.6 is 11.3 Å². The number of nitrogens with one attached hydrogen (secondary N) is 1. The Morgan fingerprint density at radius 3 is 2.61 bits per heavy atom. The summed E-state index contributed by atoms with van der Waals surface area (Å²) in [6, 6.07) is 7.97. The summed E-state index contributed by atoms with van der Waals surface area (Å²) in [5.74, 6) is -2.30. The molecule has 0 saturated heterocycles. The van der Waals surface area contributed by atoms with E-state index in [0.717, 1.165) is 5.56 Å². The van der Waals surface area contributed by atoms with E-state index < -0.39 is 19.0 Å². The fourth-order valence-electron chi connectivity index (χ4n) is 2.15. The number of hydrogen-bond acceptors (Lipinski definition) is 5. The fourth-order valence-corrected chi connectivity index (χ4v) is 2.82. The molecule has 1 atom stereocenters. The first-order valence-electron chi connectivity index (χ1n) is 6.94. The molecule has 2 aromatic rings. The van der Waals surface area contributed by atoms with Crippen LogP contribution < -0.4 is 5.32 Å². The molecule has 2 rings (SSSR count). The molecule has 0 aliphatic rings. The topological polar surface area (TPSA) is 107 Å². The van der Waals surface area contributed by atoms with Gasteiger partial charge in [-0.1, -0.05) is 12.1 Å². The molecule has 120 valence electrons. The van der Waals surface area contributed by atoms with Gasteiger partial charge in [-0.25, -0.2) is 4.79 Å². The van der Waals surface area contributed by atoms with Gasteiger partial charge in [0, 0.05) is 0 Å². The molecule has 0 aliphatic carbocycles. The number of carboxylic acids is 1. The highest BCUT2D eigenvalue weighted by molar-refractivity contribution is 7.08. The van der Waals surface area contributed by atoms with E-state index in [-0.39, 0.29) is 24.3 Å². The zero-order valence-electron chi connectivity index (χ0n) is 12.2. The third kappa shape index (κ3) is 5.20. The van der Waals surface area contributed by atoms with Crippen molar-refractivity contribution in [1.82, 2.24) is 5.32 Å². The summed E-state index contributed by atoms with van der Waals surface area (Å²) in [6.45, 7) is 0. The highest BCUT2D eigenvalue weighted by Crippen LogP contribution is 2.10. The van der Waals surface area contributed by atoms with Crippen LogP contribution in [0.5, 0.6) is 0 Å². The molecule has 1 aromatic carbocycles. The molecule has 0 bridgehead atoms. The number of amides is 1. The van der Waals surface area contributed by atoms with Gasteiger partial charge in [0.25, 0.3) is 0 Å². The summed E-state index contributed by atoms with van der Waals surface area (Å²) >= 11 is 1.48. The molecular weight excluding hydrogens is 317 g/mol. The lowest BCUT2D eigenvalue weighted by Crippen LogP contribution is -2.48. The number of aromatic carboxylic acids is 1. The number of thiophene rings is 1.